The molecule has 0 bridgehead atoms. The fraction of sp³-hybridized carbons (Fsp3) is 0.700. The van der Waals surface area contributed by atoms with Crippen LogP contribution in [-0.2, 0) is 14.0 Å². The van der Waals surface area contributed by atoms with Crippen molar-refractivity contribution in [3.8, 4) is 0 Å². The zero-order valence-corrected chi connectivity index (χ0v) is 20.2. The van der Waals surface area contributed by atoms with E-state index in [4.69, 9.17) is 9.16 Å². The number of carbonyl (C=O) groups excluding carboxylic acids is 1. The van der Waals surface area contributed by atoms with Crippen LogP contribution in [0, 0.1) is 5.92 Å². The molecule has 3 atom stereocenters. The second-order valence-electron chi connectivity index (χ2n) is 9.85. The summed E-state index contributed by atoms with van der Waals surface area (Å²) in [7, 11) is -2.08. The predicted molar refractivity (Wildman–Crippen MR) is 119 cm³/mol. The van der Waals surface area contributed by atoms with Crippen molar-refractivity contribution in [1.82, 2.24) is 19.5 Å². The summed E-state index contributed by atoms with van der Waals surface area (Å²) in [4.78, 5) is 35.6. The Hall–Kier alpha value is -2.08. The molecule has 10 nitrogen and oxygen atoms in total. The van der Waals surface area contributed by atoms with Gasteiger partial charge in [0.1, 0.15) is 12.3 Å². The molecule has 0 unspecified atom stereocenters. The van der Waals surface area contributed by atoms with Crippen molar-refractivity contribution in [3.05, 3.63) is 16.7 Å². The van der Waals surface area contributed by atoms with Gasteiger partial charge in [-0.25, -0.2) is 4.98 Å². The quantitative estimate of drug-likeness (QED) is 0.575. The zero-order chi connectivity index (χ0) is 23.1. The van der Waals surface area contributed by atoms with E-state index in [-0.39, 0.29) is 41.0 Å². The molecule has 11 heteroatoms. The van der Waals surface area contributed by atoms with Crippen LogP contribution in [-0.4, -0.2) is 57.7 Å². The largest absolute Gasteiger partial charge is 0.411 e. The highest BCUT2D eigenvalue weighted by atomic mass is 28.4. The van der Waals surface area contributed by atoms with Gasteiger partial charge in [0.2, 0.25) is 11.9 Å². The van der Waals surface area contributed by atoms with Crippen LogP contribution in [0.5, 0.6) is 0 Å². The van der Waals surface area contributed by atoms with E-state index < -0.39 is 26.2 Å². The highest BCUT2D eigenvalue weighted by Crippen LogP contribution is 2.41. The van der Waals surface area contributed by atoms with Crippen molar-refractivity contribution in [2.75, 3.05) is 11.9 Å². The van der Waals surface area contributed by atoms with E-state index in [0.717, 1.165) is 0 Å². The van der Waals surface area contributed by atoms with Gasteiger partial charge in [0, 0.05) is 12.3 Å². The first-order valence-electron chi connectivity index (χ1n) is 10.6. The Bertz CT molecular complexity index is 1010. The van der Waals surface area contributed by atoms with Crippen LogP contribution in [0.25, 0.3) is 11.2 Å². The predicted octanol–water partition coefficient (Wildman–Crippen LogP) is 2.38. The Kier molecular flexibility index (Phi) is 6.43. The SMILES string of the molecule is CC(C)C(=O)Nc1nc2c(ncn2[C@H]2C[C@H](O[Si](C)(C)C(C)(C)C)[C@@H](CO)O2)c(=O)[nH]1. The standard InChI is InChI=1S/C20H33N5O5Si/c1-11(2)17(27)23-19-22-16-15(18(28)24-19)21-10-25(16)14-8-12(13(9-26)29-14)30-31(6,7)20(3,4)5/h10-14,26H,8-9H2,1-7H3,(H2,22,23,24,27,28)/t12-,13+,14+/m0/s1. The van der Waals surface area contributed by atoms with E-state index in [1.165, 1.54) is 6.33 Å². The molecule has 1 saturated heterocycles. The maximum Gasteiger partial charge on any atom is 0.280 e. The maximum atomic E-state index is 12.4. The van der Waals surface area contributed by atoms with Crippen molar-refractivity contribution >= 4 is 31.3 Å². The van der Waals surface area contributed by atoms with Crippen LogP contribution < -0.4 is 10.9 Å². The molecular formula is C20H33N5O5Si. The van der Waals surface area contributed by atoms with Crippen LogP contribution in [0.4, 0.5) is 5.95 Å². The molecule has 0 radical (unpaired) electrons. The Balaban J connectivity index is 1.90. The van der Waals surface area contributed by atoms with Gasteiger partial charge in [-0.3, -0.25) is 24.5 Å². The van der Waals surface area contributed by atoms with Crippen LogP contribution in [0.2, 0.25) is 18.1 Å². The van der Waals surface area contributed by atoms with Gasteiger partial charge in [-0.15, -0.1) is 0 Å². The third-order valence-corrected chi connectivity index (χ3v) is 10.6. The lowest BCUT2D eigenvalue weighted by molar-refractivity contribution is -0.118. The number of imidazole rings is 1. The summed E-state index contributed by atoms with van der Waals surface area (Å²) >= 11 is 0. The number of aliphatic hydroxyl groups is 1. The highest BCUT2D eigenvalue weighted by molar-refractivity contribution is 6.74. The van der Waals surface area contributed by atoms with Gasteiger partial charge < -0.3 is 14.3 Å². The van der Waals surface area contributed by atoms with E-state index in [1.807, 2.05) is 0 Å². The van der Waals surface area contributed by atoms with E-state index in [2.05, 4.69) is 54.1 Å². The Morgan fingerprint density at radius 3 is 2.71 bits per heavy atom. The molecule has 3 N–H and O–H groups in total. The number of nitrogens with zero attached hydrogens (tertiary/aromatic N) is 3. The van der Waals surface area contributed by atoms with Crippen molar-refractivity contribution < 1.29 is 19.1 Å². The minimum atomic E-state index is -2.08. The number of amides is 1. The van der Waals surface area contributed by atoms with Gasteiger partial charge >= 0.3 is 0 Å². The number of rotatable bonds is 6. The van der Waals surface area contributed by atoms with E-state index in [9.17, 15) is 14.7 Å². The molecule has 3 rings (SSSR count). The lowest BCUT2D eigenvalue weighted by atomic mass is 10.2. The number of aromatic nitrogens is 4. The topological polar surface area (TPSA) is 131 Å². The Labute approximate surface area is 182 Å². The number of ether oxygens (including phenoxy) is 1. The van der Waals surface area contributed by atoms with Crippen LogP contribution in [0.15, 0.2) is 11.1 Å². The van der Waals surface area contributed by atoms with Crippen molar-refractivity contribution in [2.45, 2.75) is 77.6 Å². The number of anilines is 1. The number of carbonyl (C=O) groups is 1. The molecule has 172 valence electrons. The molecule has 31 heavy (non-hydrogen) atoms. The smallest absolute Gasteiger partial charge is 0.280 e. The minimum absolute atomic E-state index is 0.0190. The second-order valence-corrected chi connectivity index (χ2v) is 14.6. The third kappa shape index (κ3) is 4.74. The average molecular weight is 452 g/mol. The fourth-order valence-electron chi connectivity index (χ4n) is 3.17. The van der Waals surface area contributed by atoms with Crippen LogP contribution >= 0.6 is 0 Å². The highest BCUT2D eigenvalue weighted by Gasteiger charge is 2.45. The van der Waals surface area contributed by atoms with Gasteiger partial charge in [-0.1, -0.05) is 34.6 Å². The van der Waals surface area contributed by atoms with E-state index in [0.29, 0.717) is 12.1 Å². The van der Waals surface area contributed by atoms with Gasteiger partial charge in [0.25, 0.3) is 5.56 Å². The molecule has 2 aromatic rings. The average Bonchev–Trinajstić information content (AvgIpc) is 3.24. The minimum Gasteiger partial charge on any atom is -0.411 e. The lowest BCUT2D eigenvalue weighted by Crippen LogP contribution is -2.46. The number of fused-ring (bicyclic) bond motifs is 1. The van der Waals surface area contributed by atoms with Crippen molar-refractivity contribution in [3.63, 3.8) is 0 Å². The summed E-state index contributed by atoms with van der Waals surface area (Å²) in [6.45, 7) is 14.1. The number of nitrogens with one attached hydrogen (secondary N) is 2. The van der Waals surface area contributed by atoms with Crippen LogP contribution in [0.1, 0.15) is 47.3 Å². The second kappa shape index (κ2) is 8.45. The van der Waals surface area contributed by atoms with Crippen molar-refractivity contribution in [2.24, 2.45) is 5.92 Å². The van der Waals surface area contributed by atoms with E-state index in [1.54, 1.807) is 18.4 Å². The van der Waals surface area contributed by atoms with Gasteiger partial charge in [0.05, 0.1) is 19.0 Å². The molecule has 1 fully saturated rings. The Morgan fingerprint density at radius 1 is 1.45 bits per heavy atom. The summed E-state index contributed by atoms with van der Waals surface area (Å²) in [5.74, 6) is -0.458. The number of hydrogen-bond donors (Lipinski definition) is 3. The molecule has 0 saturated carbocycles. The van der Waals surface area contributed by atoms with Crippen molar-refractivity contribution in [1.29, 1.82) is 0 Å². The fourth-order valence-corrected chi connectivity index (χ4v) is 4.53. The molecule has 3 heterocycles. The summed E-state index contributed by atoms with van der Waals surface area (Å²) in [6.07, 6.45) is 0.717. The molecule has 1 aliphatic rings. The number of H-pyrrole nitrogens is 1. The first kappa shape index (κ1) is 23.6. The normalized spacial score (nSPS) is 22.4. The zero-order valence-electron chi connectivity index (χ0n) is 19.2. The number of hydrogen-bond acceptors (Lipinski definition) is 7. The molecule has 0 aliphatic carbocycles. The molecule has 0 spiro atoms. The monoisotopic (exact) mass is 451 g/mol. The van der Waals surface area contributed by atoms with Crippen LogP contribution in [0.3, 0.4) is 0 Å². The molecule has 1 amide bonds. The molecular weight excluding hydrogens is 418 g/mol. The van der Waals surface area contributed by atoms with Gasteiger partial charge in [-0.05, 0) is 18.1 Å². The molecule has 0 aromatic carbocycles. The first-order chi connectivity index (χ1) is 14.3. The lowest BCUT2D eigenvalue weighted by Gasteiger charge is -2.39. The first-order valence-corrected chi connectivity index (χ1v) is 13.5. The number of aromatic amines is 1. The summed E-state index contributed by atoms with van der Waals surface area (Å²) in [6, 6.07) is 0. The summed E-state index contributed by atoms with van der Waals surface area (Å²) in [5.41, 5.74) is 0.00603. The maximum absolute atomic E-state index is 12.4. The summed E-state index contributed by atoms with van der Waals surface area (Å²) < 4.78 is 14.2. The van der Waals surface area contributed by atoms with Gasteiger partial charge in [0.15, 0.2) is 19.5 Å². The third-order valence-electron chi connectivity index (χ3n) is 6.12. The van der Waals surface area contributed by atoms with Gasteiger partial charge in [-0.2, -0.15) is 4.98 Å². The Morgan fingerprint density at radius 2 is 2.13 bits per heavy atom. The molecule has 2 aromatic heterocycles. The van der Waals surface area contributed by atoms with E-state index >= 15 is 0 Å². The summed E-state index contributed by atoms with van der Waals surface area (Å²) in [5, 5.41) is 12.5. The molecule has 1 aliphatic heterocycles. The number of aliphatic hydroxyl groups excluding tert-OH is 1.